The zero-order valence-corrected chi connectivity index (χ0v) is 9.34. The van der Waals surface area contributed by atoms with E-state index < -0.39 is 11.9 Å². The highest BCUT2D eigenvalue weighted by atomic mass is 35.5. The number of aliphatic hydroxyl groups excluding tert-OH is 1. The Labute approximate surface area is 93.9 Å². The number of halogens is 2. The maximum Gasteiger partial charge on any atom is 0.130 e. The van der Waals surface area contributed by atoms with Crippen LogP contribution < -0.4 is 0 Å². The first kappa shape index (κ1) is 10.9. The number of rotatable bonds is 3. The van der Waals surface area contributed by atoms with Crippen LogP contribution in [0.4, 0.5) is 4.39 Å². The van der Waals surface area contributed by atoms with E-state index in [9.17, 15) is 9.50 Å². The maximum atomic E-state index is 13.5. The third kappa shape index (κ3) is 2.32. The number of benzene rings is 1. The molecule has 0 spiro atoms. The van der Waals surface area contributed by atoms with Crippen LogP contribution >= 0.6 is 11.6 Å². The second kappa shape index (κ2) is 4.11. The summed E-state index contributed by atoms with van der Waals surface area (Å²) in [6, 6.07) is 4.43. The molecule has 3 heteroatoms. The molecule has 0 heterocycles. The first-order chi connectivity index (χ1) is 7.09. The van der Waals surface area contributed by atoms with E-state index in [0.717, 1.165) is 12.8 Å². The molecule has 1 aromatic rings. The molecule has 1 aliphatic rings. The number of hydrogen-bond donors (Lipinski definition) is 1. The van der Waals surface area contributed by atoms with Gasteiger partial charge < -0.3 is 5.11 Å². The van der Waals surface area contributed by atoms with Gasteiger partial charge in [-0.1, -0.05) is 24.6 Å². The van der Waals surface area contributed by atoms with Crippen LogP contribution in [0.25, 0.3) is 0 Å². The third-order valence-electron chi connectivity index (χ3n) is 3.14. The standard InChI is InChI=1S/C12H14ClFO/c1-7(8-2-3-8)12(15)10-5-4-9(13)6-11(10)14/h4-8,12,15H,2-3H2,1H3. The van der Waals surface area contributed by atoms with Gasteiger partial charge in [0.05, 0.1) is 6.10 Å². The largest absolute Gasteiger partial charge is 0.388 e. The maximum absolute atomic E-state index is 13.5. The van der Waals surface area contributed by atoms with Crippen LogP contribution in [0.1, 0.15) is 31.4 Å². The average Bonchev–Trinajstić information content (AvgIpc) is 2.99. The van der Waals surface area contributed by atoms with Crippen LogP contribution in [0.15, 0.2) is 18.2 Å². The third-order valence-corrected chi connectivity index (χ3v) is 3.38. The lowest BCUT2D eigenvalue weighted by atomic mass is 9.93. The highest BCUT2D eigenvalue weighted by Gasteiger charge is 2.34. The molecule has 2 unspecified atom stereocenters. The van der Waals surface area contributed by atoms with E-state index in [1.54, 1.807) is 12.1 Å². The van der Waals surface area contributed by atoms with Gasteiger partial charge in [-0.05, 0) is 36.8 Å². The molecule has 1 N–H and O–H groups in total. The predicted octanol–water partition coefficient (Wildman–Crippen LogP) is 3.56. The van der Waals surface area contributed by atoms with Gasteiger partial charge in [0.15, 0.2) is 0 Å². The van der Waals surface area contributed by atoms with Gasteiger partial charge in [-0.2, -0.15) is 0 Å². The normalized spacial score (nSPS) is 20.0. The van der Waals surface area contributed by atoms with E-state index in [4.69, 9.17) is 11.6 Å². The van der Waals surface area contributed by atoms with E-state index in [2.05, 4.69) is 0 Å². The minimum atomic E-state index is -0.713. The van der Waals surface area contributed by atoms with Gasteiger partial charge >= 0.3 is 0 Å². The van der Waals surface area contributed by atoms with Gasteiger partial charge in [0.1, 0.15) is 5.82 Å². The molecule has 0 amide bonds. The lowest BCUT2D eigenvalue weighted by molar-refractivity contribution is 0.102. The van der Waals surface area contributed by atoms with Crippen molar-refractivity contribution >= 4 is 11.6 Å². The zero-order chi connectivity index (χ0) is 11.0. The van der Waals surface area contributed by atoms with Crippen molar-refractivity contribution in [1.82, 2.24) is 0 Å². The highest BCUT2D eigenvalue weighted by molar-refractivity contribution is 6.30. The van der Waals surface area contributed by atoms with E-state index in [-0.39, 0.29) is 5.92 Å². The van der Waals surface area contributed by atoms with Crippen molar-refractivity contribution in [2.75, 3.05) is 0 Å². The SMILES string of the molecule is CC(C1CC1)C(O)c1ccc(Cl)cc1F. The van der Waals surface area contributed by atoms with Crippen LogP contribution in [-0.2, 0) is 0 Å². The molecule has 0 bridgehead atoms. The minimum Gasteiger partial charge on any atom is -0.388 e. The quantitative estimate of drug-likeness (QED) is 0.839. The molecule has 1 nitrogen and oxygen atoms in total. The van der Waals surface area contributed by atoms with Crippen LogP contribution in [0.3, 0.4) is 0 Å². The lowest BCUT2D eigenvalue weighted by Gasteiger charge is -2.19. The Morgan fingerprint density at radius 1 is 1.47 bits per heavy atom. The molecule has 1 fully saturated rings. The van der Waals surface area contributed by atoms with Crippen molar-refractivity contribution in [3.05, 3.63) is 34.6 Å². The van der Waals surface area contributed by atoms with E-state index in [1.807, 2.05) is 6.92 Å². The van der Waals surface area contributed by atoms with Crippen molar-refractivity contribution < 1.29 is 9.50 Å². The zero-order valence-electron chi connectivity index (χ0n) is 8.58. The number of aliphatic hydroxyl groups is 1. The average molecular weight is 229 g/mol. The van der Waals surface area contributed by atoms with Gasteiger partial charge in [-0.25, -0.2) is 4.39 Å². The Kier molecular flexibility index (Phi) is 2.98. The van der Waals surface area contributed by atoms with Gasteiger partial charge in [0.2, 0.25) is 0 Å². The first-order valence-corrected chi connectivity index (χ1v) is 5.60. The molecule has 1 aromatic carbocycles. The van der Waals surface area contributed by atoms with Crippen LogP contribution in [0.2, 0.25) is 5.02 Å². The van der Waals surface area contributed by atoms with Crippen molar-refractivity contribution in [2.24, 2.45) is 11.8 Å². The Morgan fingerprint density at radius 3 is 2.67 bits per heavy atom. The Hall–Kier alpha value is -0.600. The summed E-state index contributed by atoms with van der Waals surface area (Å²) in [7, 11) is 0. The second-order valence-corrected chi connectivity index (χ2v) is 4.74. The van der Waals surface area contributed by atoms with E-state index in [1.165, 1.54) is 6.07 Å². The summed E-state index contributed by atoms with van der Waals surface area (Å²) in [6.07, 6.45) is 1.58. The lowest BCUT2D eigenvalue weighted by Crippen LogP contribution is -2.12. The molecule has 0 aliphatic heterocycles. The highest BCUT2D eigenvalue weighted by Crippen LogP contribution is 2.43. The molecule has 2 atom stereocenters. The first-order valence-electron chi connectivity index (χ1n) is 5.22. The summed E-state index contributed by atoms with van der Waals surface area (Å²) in [6.45, 7) is 1.97. The van der Waals surface area contributed by atoms with Crippen molar-refractivity contribution in [1.29, 1.82) is 0 Å². The van der Waals surface area contributed by atoms with Crippen molar-refractivity contribution in [2.45, 2.75) is 25.9 Å². The fourth-order valence-corrected chi connectivity index (χ4v) is 2.06. The fourth-order valence-electron chi connectivity index (χ4n) is 1.90. The van der Waals surface area contributed by atoms with Gasteiger partial charge in [-0.15, -0.1) is 0 Å². The Balaban J connectivity index is 2.20. The molecule has 1 saturated carbocycles. The molecule has 0 aromatic heterocycles. The Bertz CT molecular complexity index is 363. The second-order valence-electron chi connectivity index (χ2n) is 4.31. The molecule has 0 saturated heterocycles. The van der Waals surface area contributed by atoms with Crippen molar-refractivity contribution in [3.63, 3.8) is 0 Å². The Morgan fingerprint density at radius 2 is 2.13 bits per heavy atom. The summed E-state index contributed by atoms with van der Waals surface area (Å²) in [5, 5.41) is 10.4. The molecular weight excluding hydrogens is 215 g/mol. The van der Waals surface area contributed by atoms with Gasteiger partial charge in [-0.3, -0.25) is 0 Å². The fraction of sp³-hybridized carbons (Fsp3) is 0.500. The molecule has 0 radical (unpaired) electrons. The summed E-state index contributed by atoms with van der Waals surface area (Å²) in [5.74, 6) is 0.262. The smallest absolute Gasteiger partial charge is 0.130 e. The van der Waals surface area contributed by atoms with E-state index >= 15 is 0 Å². The van der Waals surface area contributed by atoms with Crippen LogP contribution in [0.5, 0.6) is 0 Å². The van der Waals surface area contributed by atoms with Crippen LogP contribution in [0, 0.1) is 17.7 Å². The van der Waals surface area contributed by atoms with E-state index in [0.29, 0.717) is 16.5 Å². The van der Waals surface area contributed by atoms with Gasteiger partial charge in [0.25, 0.3) is 0 Å². The topological polar surface area (TPSA) is 20.2 Å². The predicted molar refractivity (Wildman–Crippen MR) is 58.3 cm³/mol. The number of hydrogen-bond acceptors (Lipinski definition) is 1. The molecule has 2 rings (SSSR count). The minimum absolute atomic E-state index is 0.126. The van der Waals surface area contributed by atoms with Crippen LogP contribution in [-0.4, -0.2) is 5.11 Å². The van der Waals surface area contributed by atoms with Crippen molar-refractivity contribution in [3.8, 4) is 0 Å². The molecule has 1 aliphatic carbocycles. The molecule has 15 heavy (non-hydrogen) atoms. The molecular formula is C12H14ClFO. The van der Waals surface area contributed by atoms with Gasteiger partial charge in [0, 0.05) is 10.6 Å². The summed E-state index contributed by atoms with van der Waals surface area (Å²) >= 11 is 5.65. The monoisotopic (exact) mass is 228 g/mol. The summed E-state index contributed by atoms with van der Waals surface area (Å²) in [5.41, 5.74) is 0.360. The summed E-state index contributed by atoms with van der Waals surface area (Å²) in [4.78, 5) is 0. The molecule has 82 valence electrons. The summed E-state index contributed by atoms with van der Waals surface area (Å²) < 4.78 is 13.5.